The van der Waals surface area contributed by atoms with Crippen molar-refractivity contribution in [1.29, 1.82) is 0 Å². The molecular formula is C12H16FNO2. The highest BCUT2D eigenvalue weighted by atomic mass is 19.1. The summed E-state index contributed by atoms with van der Waals surface area (Å²) in [6.45, 7) is 1.59. The van der Waals surface area contributed by atoms with E-state index < -0.39 is 0 Å². The molecule has 88 valence electrons. The van der Waals surface area contributed by atoms with Gasteiger partial charge in [0.2, 0.25) is 0 Å². The minimum Gasteiger partial charge on any atom is -0.493 e. The van der Waals surface area contributed by atoms with Crippen LogP contribution in [0.5, 0.6) is 11.5 Å². The number of rotatable bonds is 4. The molecule has 1 atom stereocenters. The van der Waals surface area contributed by atoms with Gasteiger partial charge in [-0.2, -0.15) is 0 Å². The Kier molecular flexibility index (Phi) is 3.62. The summed E-state index contributed by atoms with van der Waals surface area (Å²) in [5, 5.41) is 3.32. The number of ether oxygens (including phenoxy) is 2. The summed E-state index contributed by atoms with van der Waals surface area (Å²) in [6.07, 6.45) is 2.28. The van der Waals surface area contributed by atoms with Gasteiger partial charge in [0.1, 0.15) is 12.4 Å². The maximum absolute atomic E-state index is 13.0. The molecule has 0 spiro atoms. The molecule has 0 radical (unpaired) electrons. The van der Waals surface area contributed by atoms with Crippen molar-refractivity contribution in [3.05, 3.63) is 24.0 Å². The molecule has 0 saturated carbocycles. The summed E-state index contributed by atoms with van der Waals surface area (Å²) in [7, 11) is 1.55. The average molecular weight is 225 g/mol. The molecule has 16 heavy (non-hydrogen) atoms. The van der Waals surface area contributed by atoms with Crippen molar-refractivity contribution in [2.45, 2.75) is 18.9 Å². The van der Waals surface area contributed by atoms with Gasteiger partial charge < -0.3 is 14.8 Å². The second-order valence-corrected chi connectivity index (χ2v) is 3.90. The molecule has 0 aromatic heterocycles. The van der Waals surface area contributed by atoms with Gasteiger partial charge in [0, 0.05) is 12.1 Å². The minimum absolute atomic E-state index is 0.310. The van der Waals surface area contributed by atoms with Gasteiger partial charge in [-0.15, -0.1) is 0 Å². The van der Waals surface area contributed by atoms with E-state index in [4.69, 9.17) is 9.47 Å². The maximum Gasteiger partial charge on any atom is 0.164 e. The SMILES string of the molecule is COc1ccc(F)cc1OCC1CCCN1. The standard InChI is InChI=1S/C12H16FNO2/c1-15-11-5-4-9(13)7-12(11)16-8-10-3-2-6-14-10/h4-5,7,10,14H,2-3,6,8H2,1H3. The molecule has 1 fully saturated rings. The van der Waals surface area contributed by atoms with E-state index in [1.807, 2.05) is 0 Å². The lowest BCUT2D eigenvalue weighted by molar-refractivity contribution is 0.261. The van der Waals surface area contributed by atoms with Crippen molar-refractivity contribution >= 4 is 0 Å². The van der Waals surface area contributed by atoms with Crippen LogP contribution in [0.15, 0.2) is 18.2 Å². The van der Waals surface area contributed by atoms with E-state index in [-0.39, 0.29) is 5.82 Å². The van der Waals surface area contributed by atoms with Crippen LogP contribution < -0.4 is 14.8 Å². The highest BCUT2D eigenvalue weighted by Crippen LogP contribution is 2.27. The lowest BCUT2D eigenvalue weighted by Gasteiger charge is -2.14. The molecule has 1 aromatic rings. The van der Waals surface area contributed by atoms with Crippen LogP contribution in [0.3, 0.4) is 0 Å². The minimum atomic E-state index is -0.310. The Balaban J connectivity index is 1.98. The molecule has 2 rings (SSSR count). The first-order valence-corrected chi connectivity index (χ1v) is 5.49. The van der Waals surface area contributed by atoms with Crippen molar-refractivity contribution in [2.75, 3.05) is 20.3 Å². The number of hydrogen-bond donors (Lipinski definition) is 1. The Morgan fingerprint density at radius 2 is 2.31 bits per heavy atom. The summed E-state index contributed by atoms with van der Waals surface area (Å²) < 4.78 is 23.7. The Morgan fingerprint density at radius 1 is 1.44 bits per heavy atom. The van der Waals surface area contributed by atoms with Gasteiger partial charge in [-0.1, -0.05) is 0 Å². The number of methoxy groups -OCH3 is 1. The van der Waals surface area contributed by atoms with E-state index in [9.17, 15) is 4.39 Å². The Labute approximate surface area is 94.6 Å². The monoisotopic (exact) mass is 225 g/mol. The van der Waals surface area contributed by atoms with Gasteiger partial charge in [-0.25, -0.2) is 4.39 Å². The average Bonchev–Trinajstić information content (AvgIpc) is 2.79. The predicted octanol–water partition coefficient (Wildman–Crippen LogP) is 1.97. The largest absolute Gasteiger partial charge is 0.493 e. The van der Waals surface area contributed by atoms with E-state index in [0.717, 1.165) is 13.0 Å². The van der Waals surface area contributed by atoms with E-state index in [1.54, 1.807) is 13.2 Å². The molecule has 1 aliphatic heterocycles. The van der Waals surface area contributed by atoms with Gasteiger partial charge >= 0.3 is 0 Å². The molecule has 1 heterocycles. The van der Waals surface area contributed by atoms with Crippen molar-refractivity contribution in [2.24, 2.45) is 0 Å². The number of hydrogen-bond acceptors (Lipinski definition) is 3. The molecule has 1 N–H and O–H groups in total. The zero-order valence-corrected chi connectivity index (χ0v) is 9.33. The topological polar surface area (TPSA) is 30.5 Å². The molecular weight excluding hydrogens is 209 g/mol. The summed E-state index contributed by atoms with van der Waals surface area (Å²) >= 11 is 0. The van der Waals surface area contributed by atoms with Crippen LogP contribution in [-0.2, 0) is 0 Å². The van der Waals surface area contributed by atoms with Gasteiger partial charge in [-0.3, -0.25) is 0 Å². The smallest absolute Gasteiger partial charge is 0.164 e. The van der Waals surface area contributed by atoms with E-state index in [0.29, 0.717) is 24.1 Å². The zero-order chi connectivity index (χ0) is 11.4. The van der Waals surface area contributed by atoms with Crippen molar-refractivity contribution in [3.8, 4) is 11.5 Å². The summed E-state index contributed by atoms with van der Waals surface area (Å²) in [5.41, 5.74) is 0. The van der Waals surface area contributed by atoms with Crippen LogP contribution in [0.2, 0.25) is 0 Å². The highest BCUT2D eigenvalue weighted by molar-refractivity contribution is 5.39. The van der Waals surface area contributed by atoms with Gasteiger partial charge in [0.25, 0.3) is 0 Å². The third-order valence-electron chi connectivity index (χ3n) is 2.73. The van der Waals surface area contributed by atoms with Crippen LogP contribution in [0, 0.1) is 5.82 Å². The lowest BCUT2D eigenvalue weighted by atomic mass is 10.2. The van der Waals surface area contributed by atoms with E-state index >= 15 is 0 Å². The zero-order valence-electron chi connectivity index (χ0n) is 9.33. The molecule has 1 saturated heterocycles. The van der Waals surface area contributed by atoms with Crippen molar-refractivity contribution < 1.29 is 13.9 Å². The number of halogens is 1. The number of nitrogens with one attached hydrogen (secondary N) is 1. The quantitative estimate of drug-likeness (QED) is 0.849. The summed E-state index contributed by atoms with van der Waals surface area (Å²) in [5.74, 6) is 0.728. The molecule has 4 heteroatoms. The van der Waals surface area contributed by atoms with Gasteiger partial charge in [0.05, 0.1) is 7.11 Å². The van der Waals surface area contributed by atoms with Crippen molar-refractivity contribution in [3.63, 3.8) is 0 Å². The maximum atomic E-state index is 13.0. The van der Waals surface area contributed by atoms with Crippen LogP contribution in [0.4, 0.5) is 4.39 Å². The first kappa shape index (κ1) is 11.2. The van der Waals surface area contributed by atoms with Crippen molar-refractivity contribution in [1.82, 2.24) is 5.32 Å². The first-order chi connectivity index (χ1) is 7.79. The van der Waals surface area contributed by atoms with Crippen LogP contribution >= 0.6 is 0 Å². The summed E-state index contributed by atoms with van der Waals surface area (Å²) in [6, 6.07) is 4.66. The predicted molar refractivity (Wildman–Crippen MR) is 59.5 cm³/mol. The molecule has 0 aliphatic carbocycles. The molecule has 0 amide bonds. The second kappa shape index (κ2) is 5.16. The number of benzene rings is 1. The van der Waals surface area contributed by atoms with E-state index in [2.05, 4.69) is 5.32 Å². The third-order valence-corrected chi connectivity index (χ3v) is 2.73. The lowest BCUT2D eigenvalue weighted by Crippen LogP contribution is -2.28. The molecule has 3 nitrogen and oxygen atoms in total. The fraction of sp³-hybridized carbons (Fsp3) is 0.500. The first-order valence-electron chi connectivity index (χ1n) is 5.49. The van der Waals surface area contributed by atoms with Crippen LogP contribution in [-0.4, -0.2) is 26.3 Å². The third kappa shape index (κ3) is 2.64. The fourth-order valence-electron chi connectivity index (χ4n) is 1.85. The second-order valence-electron chi connectivity index (χ2n) is 3.90. The van der Waals surface area contributed by atoms with Gasteiger partial charge in [0.15, 0.2) is 11.5 Å². The molecule has 1 aromatic carbocycles. The Bertz CT molecular complexity index is 351. The van der Waals surface area contributed by atoms with Crippen LogP contribution in [0.1, 0.15) is 12.8 Å². The molecule has 1 aliphatic rings. The Hall–Kier alpha value is -1.29. The normalized spacial score (nSPS) is 19.8. The molecule has 1 unspecified atom stereocenters. The fourth-order valence-corrected chi connectivity index (χ4v) is 1.85. The Morgan fingerprint density at radius 3 is 3.00 bits per heavy atom. The highest BCUT2D eigenvalue weighted by Gasteiger charge is 2.15. The van der Waals surface area contributed by atoms with E-state index in [1.165, 1.54) is 18.6 Å². The van der Waals surface area contributed by atoms with Gasteiger partial charge in [-0.05, 0) is 31.5 Å². The molecule has 0 bridgehead atoms. The summed E-state index contributed by atoms with van der Waals surface area (Å²) in [4.78, 5) is 0. The van der Waals surface area contributed by atoms with Crippen LogP contribution in [0.25, 0.3) is 0 Å².